The molecule has 8 heteroatoms. The van der Waals surface area contributed by atoms with Gasteiger partial charge in [-0.3, -0.25) is 10.5 Å². The van der Waals surface area contributed by atoms with Crippen molar-refractivity contribution in [3.63, 3.8) is 0 Å². The molecule has 2 unspecified atom stereocenters. The number of para-hydroxylation sites is 1. The average molecular weight is 428 g/mol. The second kappa shape index (κ2) is 8.52. The summed E-state index contributed by atoms with van der Waals surface area (Å²) in [5.74, 6) is 0.962. The van der Waals surface area contributed by atoms with E-state index < -0.39 is 12.3 Å². The topological polar surface area (TPSA) is 105 Å². The molecule has 0 aliphatic rings. The zero-order valence-corrected chi connectivity index (χ0v) is 17.0. The number of nitrogens with zero attached hydrogens (tertiary/aromatic N) is 3. The summed E-state index contributed by atoms with van der Waals surface area (Å²) in [6, 6.07) is 22.9. The highest BCUT2D eigenvalue weighted by atomic mass is 16.6. The second-order valence-electron chi connectivity index (χ2n) is 7.28. The molecular formula is C24H20N4O4. The van der Waals surface area contributed by atoms with E-state index in [1.807, 2.05) is 60.7 Å². The van der Waals surface area contributed by atoms with Gasteiger partial charge in [0.25, 0.3) is 6.47 Å². The Morgan fingerprint density at radius 2 is 1.88 bits per heavy atom. The fourth-order valence-electron chi connectivity index (χ4n) is 3.57. The van der Waals surface area contributed by atoms with Crippen molar-refractivity contribution < 1.29 is 18.7 Å². The normalized spacial score (nSPS) is 13.2. The van der Waals surface area contributed by atoms with Crippen LogP contribution in [0.2, 0.25) is 0 Å². The lowest BCUT2D eigenvalue weighted by Crippen LogP contribution is -2.42. The number of imidazole rings is 1. The Balaban J connectivity index is 1.47. The zero-order chi connectivity index (χ0) is 21.9. The van der Waals surface area contributed by atoms with Crippen LogP contribution in [0, 0.1) is 0 Å². The molecule has 0 bridgehead atoms. The first kappa shape index (κ1) is 19.8. The van der Waals surface area contributed by atoms with E-state index in [1.165, 1.54) is 0 Å². The number of fused-ring (bicyclic) bond motifs is 2. The van der Waals surface area contributed by atoms with Crippen molar-refractivity contribution >= 4 is 23.1 Å². The molecule has 5 rings (SSSR count). The first-order valence-electron chi connectivity index (χ1n) is 10.1. The minimum atomic E-state index is -0.956. The molecule has 0 saturated heterocycles. The molecule has 2 aromatic carbocycles. The van der Waals surface area contributed by atoms with Gasteiger partial charge >= 0.3 is 0 Å². The van der Waals surface area contributed by atoms with E-state index in [-0.39, 0.29) is 0 Å². The third kappa shape index (κ3) is 3.91. The van der Waals surface area contributed by atoms with Gasteiger partial charge in [0.1, 0.15) is 11.3 Å². The molecule has 3 heterocycles. The molecular weight excluding hydrogens is 408 g/mol. The molecule has 0 aliphatic heterocycles. The summed E-state index contributed by atoms with van der Waals surface area (Å²) in [6.45, 7) is 0.318. The first-order chi connectivity index (χ1) is 15.7. The van der Waals surface area contributed by atoms with Crippen LogP contribution in [0.5, 0.6) is 5.88 Å². The number of benzene rings is 2. The lowest BCUT2D eigenvalue weighted by atomic mass is 10.1. The van der Waals surface area contributed by atoms with Crippen molar-refractivity contribution in [2.45, 2.75) is 18.8 Å². The molecule has 160 valence electrons. The Labute approximate surface area is 183 Å². The van der Waals surface area contributed by atoms with Crippen LogP contribution in [0.15, 0.2) is 83.4 Å². The highest BCUT2D eigenvalue weighted by molar-refractivity contribution is 5.82. The first-order valence-corrected chi connectivity index (χ1v) is 10.1. The smallest absolute Gasteiger partial charge is 0.294 e. The van der Waals surface area contributed by atoms with Gasteiger partial charge in [-0.05, 0) is 23.8 Å². The van der Waals surface area contributed by atoms with E-state index in [4.69, 9.17) is 19.6 Å². The van der Waals surface area contributed by atoms with Gasteiger partial charge in [0.15, 0.2) is 23.7 Å². The maximum atomic E-state index is 10.8. The lowest BCUT2D eigenvalue weighted by Gasteiger charge is -2.23. The molecule has 0 amide bonds. The number of hydrogen-bond donors (Lipinski definition) is 1. The highest BCUT2D eigenvalue weighted by Crippen LogP contribution is 2.28. The molecule has 8 nitrogen and oxygen atoms in total. The van der Waals surface area contributed by atoms with Crippen molar-refractivity contribution in [3.05, 3.63) is 84.6 Å². The van der Waals surface area contributed by atoms with Crippen molar-refractivity contribution in [1.29, 1.82) is 0 Å². The Morgan fingerprint density at radius 1 is 1.06 bits per heavy atom. The quantitative estimate of drug-likeness (QED) is 0.297. The minimum Gasteiger partial charge on any atom is -0.468 e. The molecule has 0 spiro atoms. The molecule has 0 radical (unpaired) electrons. The Morgan fingerprint density at radius 3 is 2.69 bits per heavy atom. The van der Waals surface area contributed by atoms with Crippen LogP contribution in [0.4, 0.5) is 0 Å². The van der Waals surface area contributed by atoms with Gasteiger partial charge in [0.05, 0.1) is 6.20 Å². The molecule has 0 fully saturated rings. The van der Waals surface area contributed by atoms with Gasteiger partial charge in [0, 0.05) is 17.9 Å². The summed E-state index contributed by atoms with van der Waals surface area (Å²) >= 11 is 0. The van der Waals surface area contributed by atoms with Crippen LogP contribution < -0.4 is 10.5 Å². The summed E-state index contributed by atoms with van der Waals surface area (Å²) in [7, 11) is 0. The fourth-order valence-corrected chi connectivity index (χ4v) is 3.57. The van der Waals surface area contributed by atoms with E-state index in [1.54, 1.807) is 22.8 Å². The maximum Gasteiger partial charge on any atom is 0.294 e. The Hall–Kier alpha value is -4.17. The van der Waals surface area contributed by atoms with E-state index >= 15 is 0 Å². The van der Waals surface area contributed by atoms with E-state index in [2.05, 4.69) is 10.1 Å². The van der Waals surface area contributed by atoms with Crippen molar-refractivity contribution in [3.8, 4) is 17.3 Å². The molecule has 32 heavy (non-hydrogen) atoms. The number of nitrogens with two attached hydrogens (primary N) is 1. The third-order valence-electron chi connectivity index (χ3n) is 5.15. The highest BCUT2D eigenvalue weighted by Gasteiger charge is 2.23. The molecule has 5 aromatic rings. The van der Waals surface area contributed by atoms with Gasteiger partial charge in [-0.1, -0.05) is 48.5 Å². The van der Waals surface area contributed by atoms with Crippen LogP contribution in [-0.2, 0) is 16.0 Å². The standard InChI is InChI=1S/C24H20N4O4/c25-24(30-15-29)21(12-16-6-2-1-3-7-16)32-23-11-10-22-26-14-18(28(22)27-23)20-13-17-8-4-5-9-19(17)31-20/h1-11,13-15,21,24H,12,25H2. The number of rotatable bonds is 8. The number of carbonyl (C=O) groups excluding carboxylic acids is 1. The molecule has 3 aromatic heterocycles. The van der Waals surface area contributed by atoms with Crippen LogP contribution in [0.3, 0.4) is 0 Å². The molecule has 0 aliphatic carbocycles. The van der Waals surface area contributed by atoms with Gasteiger partial charge in [-0.15, -0.1) is 5.10 Å². The predicted octanol–water partition coefficient (Wildman–Crippen LogP) is 3.59. The van der Waals surface area contributed by atoms with Crippen LogP contribution in [0.25, 0.3) is 28.1 Å². The van der Waals surface area contributed by atoms with Gasteiger partial charge < -0.3 is 13.9 Å². The SMILES string of the molecule is NC(OC=O)C(Cc1ccccc1)Oc1ccc2ncc(-c3cc4ccccc4o3)n2n1. The van der Waals surface area contributed by atoms with Gasteiger partial charge in [-0.2, -0.15) is 0 Å². The monoisotopic (exact) mass is 428 g/mol. The molecule has 2 N–H and O–H groups in total. The number of furan rings is 1. The summed E-state index contributed by atoms with van der Waals surface area (Å²) in [4.78, 5) is 15.3. The number of aromatic nitrogens is 3. The number of carbonyl (C=O) groups is 1. The van der Waals surface area contributed by atoms with Crippen molar-refractivity contribution in [1.82, 2.24) is 14.6 Å². The Bertz CT molecular complexity index is 1330. The second-order valence-corrected chi connectivity index (χ2v) is 7.28. The van der Waals surface area contributed by atoms with E-state index in [0.29, 0.717) is 35.9 Å². The van der Waals surface area contributed by atoms with Crippen LogP contribution >= 0.6 is 0 Å². The number of ether oxygens (including phenoxy) is 2. The molecule has 0 saturated carbocycles. The summed E-state index contributed by atoms with van der Waals surface area (Å²) < 4.78 is 18.6. The summed E-state index contributed by atoms with van der Waals surface area (Å²) in [5, 5.41) is 5.57. The van der Waals surface area contributed by atoms with Crippen LogP contribution in [-0.4, -0.2) is 33.4 Å². The van der Waals surface area contributed by atoms with Gasteiger partial charge in [-0.25, -0.2) is 9.50 Å². The maximum absolute atomic E-state index is 10.8. The lowest BCUT2D eigenvalue weighted by molar-refractivity contribution is -0.138. The summed E-state index contributed by atoms with van der Waals surface area (Å²) in [5.41, 5.74) is 9.15. The fraction of sp³-hybridized carbons (Fsp3) is 0.125. The zero-order valence-electron chi connectivity index (χ0n) is 17.0. The average Bonchev–Trinajstić information content (AvgIpc) is 3.43. The third-order valence-corrected chi connectivity index (χ3v) is 5.15. The largest absolute Gasteiger partial charge is 0.468 e. The van der Waals surface area contributed by atoms with Gasteiger partial charge in [0.2, 0.25) is 5.88 Å². The minimum absolute atomic E-state index is 0.318. The number of hydrogen-bond acceptors (Lipinski definition) is 7. The van der Waals surface area contributed by atoms with Crippen molar-refractivity contribution in [2.75, 3.05) is 0 Å². The van der Waals surface area contributed by atoms with E-state index in [0.717, 1.165) is 16.5 Å². The Kier molecular flexibility index (Phi) is 5.27. The molecule has 2 atom stereocenters. The predicted molar refractivity (Wildman–Crippen MR) is 118 cm³/mol. The van der Waals surface area contributed by atoms with E-state index in [9.17, 15) is 4.79 Å². The van der Waals surface area contributed by atoms with Crippen LogP contribution in [0.1, 0.15) is 5.56 Å². The summed E-state index contributed by atoms with van der Waals surface area (Å²) in [6.07, 6.45) is 0.552. The van der Waals surface area contributed by atoms with Crippen molar-refractivity contribution in [2.24, 2.45) is 5.73 Å².